The summed E-state index contributed by atoms with van der Waals surface area (Å²) >= 11 is 5.97. The lowest BCUT2D eigenvalue weighted by Crippen LogP contribution is -2.30. The van der Waals surface area contributed by atoms with Gasteiger partial charge in [0.05, 0.1) is 6.04 Å². The molecule has 0 spiro atoms. The SMILES string of the molecule is CC(C)c1ccc([C@H](C)NC(=O)c2cc3cc(Cl)ccc3oc2=O)cc1. The number of rotatable bonds is 4. The molecule has 1 N–H and O–H groups in total. The molecule has 0 aliphatic rings. The number of hydrogen-bond acceptors (Lipinski definition) is 3. The standard InChI is InChI=1S/C21H20ClNO3/c1-12(2)14-4-6-15(7-5-14)13(3)23-20(24)18-11-16-10-17(22)8-9-19(16)26-21(18)25/h4-13H,1-3H3,(H,23,24)/t13-/m0/s1. The van der Waals surface area contributed by atoms with Crippen molar-refractivity contribution in [3.63, 3.8) is 0 Å². The highest BCUT2D eigenvalue weighted by atomic mass is 35.5. The van der Waals surface area contributed by atoms with Crippen LogP contribution in [0.15, 0.2) is 57.7 Å². The van der Waals surface area contributed by atoms with Crippen LogP contribution in [0, 0.1) is 0 Å². The van der Waals surface area contributed by atoms with E-state index in [0.717, 1.165) is 5.56 Å². The van der Waals surface area contributed by atoms with Crippen LogP contribution in [0.3, 0.4) is 0 Å². The van der Waals surface area contributed by atoms with Crippen LogP contribution in [0.1, 0.15) is 54.2 Å². The average molecular weight is 370 g/mol. The van der Waals surface area contributed by atoms with Gasteiger partial charge in [-0.15, -0.1) is 0 Å². The van der Waals surface area contributed by atoms with Gasteiger partial charge >= 0.3 is 5.63 Å². The zero-order valence-electron chi connectivity index (χ0n) is 14.9. The van der Waals surface area contributed by atoms with Gasteiger partial charge in [-0.2, -0.15) is 0 Å². The van der Waals surface area contributed by atoms with E-state index in [1.165, 1.54) is 11.6 Å². The van der Waals surface area contributed by atoms with Gasteiger partial charge in [0, 0.05) is 10.4 Å². The number of amides is 1. The van der Waals surface area contributed by atoms with Crippen molar-refractivity contribution in [3.8, 4) is 0 Å². The summed E-state index contributed by atoms with van der Waals surface area (Å²) in [6.45, 7) is 6.14. The Hall–Kier alpha value is -2.59. The minimum atomic E-state index is -0.667. The van der Waals surface area contributed by atoms with Gasteiger partial charge in [0.25, 0.3) is 5.91 Å². The third kappa shape index (κ3) is 3.81. The van der Waals surface area contributed by atoms with Crippen LogP contribution in [-0.2, 0) is 0 Å². The van der Waals surface area contributed by atoms with E-state index in [4.69, 9.17) is 16.0 Å². The molecule has 2 aromatic carbocycles. The second kappa shape index (κ2) is 7.34. The summed E-state index contributed by atoms with van der Waals surface area (Å²) in [4.78, 5) is 24.7. The van der Waals surface area contributed by atoms with Crippen molar-refractivity contribution in [1.29, 1.82) is 0 Å². The minimum absolute atomic E-state index is 0.0367. The van der Waals surface area contributed by atoms with Crippen molar-refractivity contribution in [3.05, 3.63) is 80.7 Å². The zero-order valence-corrected chi connectivity index (χ0v) is 15.6. The summed E-state index contributed by atoms with van der Waals surface area (Å²) in [5.41, 5.74) is 1.90. The van der Waals surface area contributed by atoms with E-state index >= 15 is 0 Å². The van der Waals surface area contributed by atoms with Gasteiger partial charge in [0.1, 0.15) is 11.1 Å². The van der Waals surface area contributed by atoms with Gasteiger partial charge in [0.15, 0.2) is 0 Å². The van der Waals surface area contributed by atoms with E-state index in [9.17, 15) is 9.59 Å². The van der Waals surface area contributed by atoms with Crippen LogP contribution in [0.4, 0.5) is 0 Å². The average Bonchev–Trinajstić information content (AvgIpc) is 2.61. The molecule has 1 atom stereocenters. The molecule has 1 heterocycles. The van der Waals surface area contributed by atoms with Crippen molar-refractivity contribution in [2.75, 3.05) is 0 Å². The highest BCUT2D eigenvalue weighted by Crippen LogP contribution is 2.21. The number of carbonyl (C=O) groups excluding carboxylic acids is 1. The first-order chi connectivity index (χ1) is 12.3. The molecule has 5 heteroatoms. The number of fused-ring (bicyclic) bond motifs is 1. The first-order valence-corrected chi connectivity index (χ1v) is 8.87. The van der Waals surface area contributed by atoms with E-state index in [1.807, 2.05) is 19.1 Å². The lowest BCUT2D eigenvalue weighted by atomic mass is 9.99. The number of halogens is 1. The van der Waals surface area contributed by atoms with Gasteiger partial charge < -0.3 is 9.73 Å². The van der Waals surface area contributed by atoms with Crippen molar-refractivity contribution >= 4 is 28.5 Å². The molecule has 3 rings (SSSR count). The topological polar surface area (TPSA) is 59.3 Å². The molecule has 0 bridgehead atoms. The Bertz CT molecular complexity index is 1010. The van der Waals surface area contributed by atoms with Crippen molar-refractivity contribution in [2.45, 2.75) is 32.7 Å². The fourth-order valence-electron chi connectivity index (χ4n) is 2.78. The molecule has 1 aromatic heterocycles. The third-order valence-electron chi connectivity index (χ3n) is 4.39. The molecular formula is C21H20ClNO3. The Morgan fingerprint density at radius 2 is 1.65 bits per heavy atom. The Balaban J connectivity index is 1.84. The minimum Gasteiger partial charge on any atom is -0.422 e. The molecule has 26 heavy (non-hydrogen) atoms. The molecule has 0 radical (unpaired) electrons. The van der Waals surface area contributed by atoms with Crippen LogP contribution in [0.25, 0.3) is 11.0 Å². The van der Waals surface area contributed by atoms with Crippen molar-refractivity contribution in [2.24, 2.45) is 0 Å². The Morgan fingerprint density at radius 3 is 2.31 bits per heavy atom. The molecule has 134 valence electrons. The van der Waals surface area contributed by atoms with Gasteiger partial charge in [-0.25, -0.2) is 4.79 Å². The lowest BCUT2D eigenvalue weighted by Gasteiger charge is -2.15. The van der Waals surface area contributed by atoms with Crippen LogP contribution < -0.4 is 10.9 Å². The van der Waals surface area contributed by atoms with Gasteiger partial charge in [-0.1, -0.05) is 49.7 Å². The Labute approximate surface area is 156 Å². The molecule has 1 amide bonds. The molecular weight excluding hydrogens is 350 g/mol. The summed E-state index contributed by atoms with van der Waals surface area (Å²) in [7, 11) is 0. The predicted octanol–water partition coefficient (Wildman–Crippen LogP) is 5.06. The van der Waals surface area contributed by atoms with E-state index < -0.39 is 11.5 Å². The van der Waals surface area contributed by atoms with Crippen LogP contribution >= 0.6 is 11.6 Å². The van der Waals surface area contributed by atoms with Crippen LogP contribution in [-0.4, -0.2) is 5.91 Å². The summed E-state index contributed by atoms with van der Waals surface area (Å²) < 4.78 is 5.22. The maximum atomic E-state index is 12.5. The Morgan fingerprint density at radius 1 is 1.00 bits per heavy atom. The second-order valence-electron chi connectivity index (χ2n) is 6.65. The van der Waals surface area contributed by atoms with E-state index in [0.29, 0.717) is 21.9 Å². The largest absolute Gasteiger partial charge is 0.422 e. The maximum Gasteiger partial charge on any atom is 0.349 e. The van der Waals surface area contributed by atoms with Crippen LogP contribution in [0.5, 0.6) is 0 Å². The second-order valence-corrected chi connectivity index (χ2v) is 7.08. The number of nitrogens with one attached hydrogen (secondary N) is 1. The molecule has 0 aliphatic carbocycles. The number of carbonyl (C=O) groups is 1. The highest BCUT2D eigenvalue weighted by Gasteiger charge is 2.17. The zero-order chi connectivity index (χ0) is 18.8. The number of benzene rings is 2. The molecule has 0 saturated carbocycles. The van der Waals surface area contributed by atoms with Gasteiger partial charge in [-0.05, 0) is 48.2 Å². The van der Waals surface area contributed by atoms with Gasteiger partial charge in [-0.3, -0.25) is 4.79 Å². The summed E-state index contributed by atoms with van der Waals surface area (Å²) in [6, 6.07) is 14.3. The molecule has 0 saturated heterocycles. The monoisotopic (exact) mass is 369 g/mol. The van der Waals surface area contributed by atoms with Crippen molar-refractivity contribution < 1.29 is 9.21 Å². The fourth-order valence-corrected chi connectivity index (χ4v) is 2.96. The molecule has 0 aliphatic heterocycles. The van der Waals surface area contributed by atoms with E-state index in [2.05, 4.69) is 31.3 Å². The van der Waals surface area contributed by atoms with Gasteiger partial charge in [0.2, 0.25) is 0 Å². The highest BCUT2D eigenvalue weighted by molar-refractivity contribution is 6.31. The maximum absolute atomic E-state index is 12.5. The number of hydrogen-bond donors (Lipinski definition) is 1. The summed E-state index contributed by atoms with van der Waals surface area (Å²) in [5.74, 6) is -0.0240. The predicted molar refractivity (Wildman–Crippen MR) is 104 cm³/mol. The first-order valence-electron chi connectivity index (χ1n) is 8.49. The van der Waals surface area contributed by atoms with Crippen molar-refractivity contribution in [1.82, 2.24) is 5.32 Å². The fraction of sp³-hybridized carbons (Fsp3) is 0.238. The summed E-state index contributed by atoms with van der Waals surface area (Å²) in [6.07, 6.45) is 0. The first kappa shape index (κ1) is 18.2. The molecule has 0 fully saturated rings. The molecule has 3 aromatic rings. The molecule has 0 unspecified atom stereocenters. The summed E-state index contributed by atoms with van der Waals surface area (Å²) in [5, 5.41) is 3.97. The molecule has 4 nitrogen and oxygen atoms in total. The quantitative estimate of drug-likeness (QED) is 0.654. The third-order valence-corrected chi connectivity index (χ3v) is 4.62. The normalized spacial score (nSPS) is 12.3. The van der Waals surface area contributed by atoms with E-state index in [-0.39, 0.29) is 11.6 Å². The Kier molecular flexibility index (Phi) is 5.14. The lowest BCUT2D eigenvalue weighted by molar-refractivity contribution is 0.0936. The van der Waals surface area contributed by atoms with E-state index in [1.54, 1.807) is 18.2 Å². The van der Waals surface area contributed by atoms with Crippen LogP contribution in [0.2, 0.25) is 5.02 Å². The smallest absolute Gasteiger partial charge is 0.349 e.